The van der Waals surface area contributed by atoms with Crippen LogP contribution in [-0.4, -0.2) is 36.1 Å². The van der Waals surface area contributed by atoms with Crippen LogP contribution in [0.5, 0.6) is 0 Å². The number of ketones is 1. The predicted molar refractivity (Wildman–Crippen MR) is 104 cm³/mol. The summed E-state index contributed by atoms with van der Waals surface area (Å²) in [5.41, 5.74) is 6.22. The minimum atomic E-state index is -0.384. The topological polar surface area (TPSA) is 89.6 Å². The van der Waals surface area contributed by atoms with Gasteiger partial charge in [-0.15, -0.1) is 0 Å². The van der Waals surface area contributed by atoms with Gasteiger partial charge in [0.15, 0.2) is 0 Å². The number of aliphatic hydroxyl groups excluding tert-OH is 1. The average molecular weight is 368 g/mol. The molecule has 0 heterocycles. The van der Waals surface area contributed by atoms with E-state index in [9.17, 15) is 14.7 Å². The zero-order valence-corrected chi connectivity index (χ0v) is 16.5. The molecule has 3 N–H and O–H groups in total. The Bertz CT molecular complexity index is 449. The molecule has 26 heavy (non-hydrogen) atoms. The quantitative estimate of drug-likeness (QED) is 0.295. The summed E-state index contributed by atoms with van der Waals surface area (Å²) in [6.45, 7) is 2.14. The highest BCUT2D eigenvalue weighted by atomic mass is 16.5. The van der Waals surface area contributed by atoms with E-state index >= 15 is 0 Å². The summed E-state index contributed by atoms with van der Waals surface area (Å²) in [4.78, 5) is 23.1. The molecule has 4 atom stereocenters. The van der Waals surface area contributed by atoms with E-state index in [1.54, 1.807) is 0 Å². The zero-order chi connectivity index (χ0) is 19.4. The van der Waals surface area contributed by atoms with Gasteiger partial charge in [0.25, 0.3) is 0 Å². The standard InChI is InChI=1S/C21H37NO4/c1-3-4-7-10-16(23)13-14-17-18(20(24)15-19(17)22)11-8-5-6-9-12-21(25)26-2/h5,8,17-20,24H,3-4,6-7,9-15,22H2,1-2H3/b8-5-/t17-,18-,19?,20?/m1/s1. The summed E-state index contributed by atoms with van der Waals surface area (Å²) in [6, 6.07) is -0.0221. The zero-order valence-electron chi connectivity index (χ0n) is 16.5. The Morgan fingerprint density at radius 2 is 1.88 bits per heavy atom. The van der Waals surface area contributed by atoms with E-state index in [1.165, 1.54) is 7.11 Å². The fourth-order valence-corrected chi connectivity index (χ4v) is 3.85. The maximum absolute atomic E-state index is 12.0. The highest BCUT2D eigenvalue weighted by molar-refractivity contribution is 5.78. The number of Topliss-reactive ketones (excluding diaryl/α,β-unsaturated/α-hetero) is 1. The molecule has 150 valence electrons. The van der Waals surface area contributed by atoms with Crippen molar-refractivity contribution in [3.63, 3.8) is 0 Å². The van der Waals surface area contributed by atoms with Crippen molar-refractivity contribution in [3.8, 4) is 0 Å². The van der Waals surface area contributed by atoms with E-state index in [0.29, 0.717) is 31.5 Å². The summed E-state index contributed by atoms with van der Waals surface area (Å²) >= 11 is 0. The van der Waals surface area contributed by atoms with Gasteiger partial charge in [-0.3, -0.25) is 9.59 Å². The van der Waals surface area contributed by atoms with Crippen molar-refractivity contribution in [2.24, 2.45) is 17.6 Å². The van der Waals surface area contributed by atoms with Crippen molar-refractivity contribution in [2.75, 3.05) is 7.11 Å². The summed E-state index contributed by atoms with van der Waals surface area (Å²) in [6.07, 6.45) is 12.4. The molecule has 0 aromatic heterocycles. The van der Waals surface area contributed by atoms with Crippen LogP contribution in [-0.2, 0) is 14.3 Å². The average Bonchev–Trinajstić information content (AvgIpc) is 2.89. The maximum atomic E-state index is 12.0. The second-order valence-electron chi connectivity index (χ2n) is 7.50. The lowest BCUT2D eigenvalue weighted by atomic mass is 9.85. The largest absolute Gasteiger partial charge is 0.469 e. The third-order valence-corrected chi connectivity index (χ3v) is 5.48. The molecule has 2 unspecified atom stereocenters. The number of hydrogen-bond acceptors (Lipinski definition) is 5. The predicted octanol–water partition coefficient (Wildman–Crippen LogP) is 3.53. The lowest BCUT2D eigenvalue weighted by molar-refractivity contribution is -0.140. The SMILES string of the molecule is CCCCCC(=O)CC[C@H]1C(N)CC(O)[C@@H]1C/C=C\CCCC(=O)OC. The van der Waals surface area contributed by atoms with Crippen LogP contribution in [0, 0.1) is 11.8 Å². The van der Waals surface area contributed by atoms with Crippen molar-refractivity contribution >= 4 is 11.8 Å². The molecule has 1 rings (SSSR count). The van der Waals surface area contributed by atoms with Crippen LogP contribution in [0.3, 0.4) is 0 Å². The fourth-order valence-electron chi connectivity index (χ4n) is 3.85. The molecule has 5 heteroatoms. The monoisotopic (exact) mass is 367 g/mol. The molecule has 1 aliphatic carbocycles. The van der Waals surface area contributed by atoms with Crippen LogP contribution in [0.2, 0.25) is 0 Å². The van der Waals surface area contributed by atoms with Crippen LogP contribution in [0.15, 0.2) is 12.2 Å². The van der Waals surface area contributed by atoms with Gasteiger partial charge in [0.05, 0.1) is 13.2 Å². The van der Waals surface area contributed by atoms with Crippen LogP contribution in [0.25, 0.3) is 0 Å². The van der Waals surface area contributed by atoms with E-state index < -0.39 is 0 Å². The number of rotatable bonds is 13. The van der Waals surface area contributed by atoms with Gasteiger partial charge in [-0.2, -0.15) is 0 Å². The summed E-state index contributed by atoms with van der Waals surface area (Å²) in [5.74, 6) is 0.480. The van der Waals surface area contributed by atoms with Crippen molar-refractivity contribution in [1.29, 1.82) is 0 Å². The third kappa shape index (κ3) is 8.45. The molecular formula is C21H37NO4. The number of nitrogens with two attached hydrogens (primary N) is 1. The lowest BCUT2D eigenvalue weighted by Gasteiger charge is -2.22. The Morgan fingerprint density at radius 3 is 2.58 bits per heavy atom. The van der Waals surface area contributed by atoms with E-state index in [2.05, 4.69) is 23.8 Å². The molecule has 0 spiro atoms. The molecule has 0 aliphatic heterocycles. The molecule has 0 amide bonds. The minimum Gasteiger partial charge on any atom is -0.469 e. The van der Waals surface area contributed by atoms with Gasteiger partial charge >= 0.3 is 5.97 Å². The van der Waals surface area contributed by atoms with Crippen LogP contribution < -0.4 is 5.73 Å². The van der Waals surface area contributed by atoms with Crippen molar-refractivity contribution in [3.05, 3.63) is 12.2 Å². The van der Waals surface area contributed by atoms with E-state index in [4.69, 9.17) is 5.73 Å². The first-order chi connectivity index (χ1) is 12.5. The number of methoxy groups -OCH3 is 1. The molecule has 0 saturated heterocycles. The second-order valence-corrected chi connectivity index (χ2v) is 7.50. The molecule has 5 nitrogen and oxygen atoms in total. The first-order valence-electron chi connectivity index (χ1n) is 10.2. The number of hydrogen-bond donors (Lipinski definition) is 2. The Morgan fingerprint density at radius 1 is 1.12 bits per heavy atom. The number of unbranched alkanes of at least 4 members (excludes halogenated alkanes) is 3. The highest BCUT2D eigenvalue weighted by Crippen LogP contribution is 2.37. The summed E-state index contributed by atoms with van der Waals surface area (Å²) in [5, 5.41) is 10.3. The van der Waals surface area contributed by atoms with Gasteiger partial charge in [-0.1, -0.05) is 31.9 Å². The molecule has 1 saturated carbocycles. The molecule has 0 radical (unpaired) electrons. The smallest absolute Gasteiger partial charge is 0.305 e. The minimum absolute atomic E-state index is 0.0221. The summed E-state index contributed by atoms with van der Waals surface area (Å²) in [7, 11) is 1.40. The number of carbonyl (C=O) groups is 2. The first kappa shape index (κ1) is 22.8. The Balaban J connectivity index is 2.36. The number of carbonyl (C=O) groups excluding carboxylic acids is 2. The van der Waals surface area contributed by atoms with Crippen LogP contribution >= 0.6 is 0 Å². The molecule has 0 aromatic carbocycles. The van der Waals surface area contributed by atoms with E-state index in [0.717, 1.165) is 44.9 Å². The van der Waals surface area contributed by atoms with Gasteiger partial charge in [0.1, 0.15) is 5.78 Å². The third-order valence-electron chi connectivity index (χ3n) is 5.48. The first-order valence-corrected chi connectivity index (χ1v) is 10.2. The van der Waals surface area contributed by atoms with Gasteiger partial charge < -0.3 is 15.6 Å². The fraction of sp³-hybridized carbons (Fsp3) is 0.810. The van der Waals surface area contributed by atoms with Crippen LogP contribution in [0.1, 0.15) is 77.6 Å². The Labute approximate surface area is 158 Å². The van der Waals surface area contributed by atoms with E-state index in [-0.39, 0.29) is 30.0 Å². The number of esters is 1. The van der Waals surface area contributed by atoms with Gasteiger partial charge in [-0.05, 0) is 50.4 Å². The van der Waals surface area contributed by atoms with Gasteiger partial charge in [0, 0.05) is 25.3 Å². The number of aliphatic hydroxyl groups is 1. The number of allylic oxidation sites excluding steroid dienone is 2. The molecule has 0 aromatic rings. The maximum Gasteiger partial charge on any atom is 0.305 e. The van der Waals surface area contributed by atoms with Crippen molar-refractivity contribution < 1.29 is 19.4 Å². The highest BCUT2D eigenvalue weighted by Gasteiger charge is 2.39. The Hall–Kier alpha value is -1.20. The normalized spacial score (nSPS) is 25.7. The molecule has 1 fully saturated rings. The molecule has 0 bridgehead atoms. The van der Waals surface area contributed by atoms with Gasteiger partial charge in [0.2, 0.25) is 0 Å². The van der Waals surface area contributed by atoms with Crippen molar-refractivity contribution in [2.45, 2.75) is 89.7 Å². The lowest BCUT2D eigenvalue weighted by Crippen LogP contribution is -2.28. The number of ether oxygens (including phenoxy) is 1. The molecular weight excluding hydrogens is 330 g/mol. The second kappa shape index (κ2) is 13.0. The van der Waals surface area contributed by atoms with Gasteiger partial charge in [-0.25, -0.2) is 0 Å². The van der Waals surface area contributed by atoms with Crippen molar-refractivity contribution in [1.82, 2.24) is 0 Å². The molecule has 1 aliphatic rings. The van der Waals surface area contributed by atoms with Crippen LogP contribution in [0.4, 0.5) is 0 Å². The Kier molecular flexibility index (Phi) is 11.5. The van der Waals surface area contributed by atoms with E-state index in [1.807, 2.05) is 0 Å². The summed E-state index contributed by atoms with van der Waals surface area (Å²) < 4.78 is 4.62.